The topological polar surface area (TPSA) is 29.3 Å². The smallest absolute Gasteiger partial charge is 0.125 e. The van der Waals surface area contributed by atoms with E-state index in [1.165, 1.54) is 0 Å². The molecule has 0 amide bonds. The molecular formula is C17H29FN2. The van der Waals surface area contributed by atoms with Crippen molar-refractivity contribution < 1.29 is 4.39 Å². The fourth-order valence-corrected chi connectivity index (χ4v) is 2.70. The van der Waals surface area contributed by atoms with E-state index in [0.717, 1.165) is 37.1 Å². The molecule has 0 saturated carbocycles. The van der Waals surface area contributed by atoms with Gasteiger partial charge in [0.2, 0.25) is 0 Å². The van der Waals surface area contributed by atoms with Gasteiger partial charge in [-0.2, -0.15) is 0 Å². The summed E-state index contributed by atoms with van der Waals surface area (Å²) in [5.74, 6) is 0.391. The summed E-state index contributed by atoms with van der Waals surface area (Å²) < 4.78 is 13.9. The van der Waals surface area contributed by atoms with E-state index in [9.17, 15) is 4.39 Å². The van der Waals surface area contributed by atoms with Crippen LogP contribution in [0.5, 0.6) is 0 Å². The van der Waals surface area contributed by atoms with Crippen LogP contribution in [0.25, 0.3) is 0 Å². The van der Waals surface area contributed by atoms with Crippen molar-refractivity contribution in [1.82, 2.24) is 0 Å². The van der Waals surface area contributed by atoms with Crippen molar-refractivity contribution in [3.05, 3.63) is 29.6 Å². The van der Waals surface area contributed by atoms with Crippen LogP contribution in [0.3, 0.4) is 0 Å². The van der Waals surface area contributed by atoms with Crippen LogP contribution in [0.2, 0.25) is 0 Å². The van der Waals surface area contributed by atoms with Crippen LogP contribution < -0.4 is 10.6 Å². The minimum Gasteiger partial charge on any atom is -0.368 e. The lowest BCUT2D eigenvalue weighted by atomic mass is 10.0. The molecule has 2 nitrogen and oxygen atoms in total. The Balaban J connectivity index is 3.11. The first kappa shape index (κ1) is 17.0. The molecule has 0 aromatic heterocycles. The average molecular weight is 280 g/mol. The van der Waals surface area contributed by atoms with Gasteiger partial charge in [-0.05, 0) is 55.5 Å². The second-order valence-corrected chi connectivity index (χ2v) is 5.87. The summed E-state index contributed by atoms with van der Waals surface area (Å²) in [5, 5.41) is 0. The highest BCUT2D eigenvalue weighted by Crippen LogP contribution is 2.24. The van der Waals surface area contributed by atoms with Crippen molar-refractivity contribution in [3.63, 3.8) is 0 Å². The van der Waals surface area contributed by atoms with Crippen molar-refractivity contribution in [1.29, 1.82) is 0 Å². The van der Waals surface area contributed by atoms with Gasteiger partial charge in [-0.15, -0.1) is 0 Å². The van der Waals surface area contributed by atoms with Crippen LogP contribution >= 0.6 is 0 Å². The molecular weight excluding hydrogens is 251 g/mol. The minimum absolute atomic E-state index is 0.161. The van der Waals surface area contributed by atoms with E-state index < -0.39 is 0 Å². The molecule has 114 valence electrons. The van der Waals surface area contributed by atoms with Gasteiger partial charge in [0.05, 0.1) is 0 Å². The molecule has 1 aromatic carbocycles. The van der Waals surface area contributed by atoms with Gasteiger partial charge >= 0.3 is 0 Å². The van der Waals surface area contributed by atoms with Crippen LogP contribution in [-0.4, -0.2) is 19.1 Å². The maximum absolute atomic E-state index is 13.9. The molecule has 0 radical (unpaired) electrons. The number of hydrogen-bond donors (Lipinski definition) is 1. The molecule has 1 rings (SSSR count). The van der Waals surface area contributed by atoms with Crippen LogP contribution in [0.15, 0.2) is 18.2 Å². The van der Waals surface area contributed by atoms with Crippen LogP contribution in [0, 0.1) is 11.7 Å². The molecule has 0 aliphatic heterocycles. The Morgan fingerprint density at radius 2 is 1.80 bits per heavy atom. The van der Waals surface area contributed by atoms with E-state index >= 15 is 0 Å². The van der Waals surface area contributed by atoms with Crippen molar-refractivity contribution in [2.24, 2.45) is 11.7 Å². The van der Waals surface area contributed by atoms with Crippen LogP contribution in [0.1, 0.15) is 46.1 Å². The zero-order valence-corrected chi connectivity index (χ0v) is 13.3. The number of anilines is 1. The van der Waals surface area contributed by atoms with E-state index in [4.69, 9.17) is 5.73 Å². The summed E-state index contributed by atoms with van der Waals surface area (Å²) in [6, 6.07) is 5.80. The number of halogens is 1. The summed E-state index contributed by atoms with van der Waals surface area (Å²) in [4.78, 5) is 2.35. The molecule has 1 aromatic rings. The Kier molecular flexibility index (Phi) is 7.00. The third-order valence-electron chi connectivity index (χ3n) is 3.65. The lowest BCUT2D eigenvalue weighted by molar-refractivity contribution is 0.506. The third-order valence-corrected chi connectivity index (χ3v) is 3.65. The van der Waals surface area contributed by atoms with Gasteiger partial charge in [0.1, 0.15) is 5.82 Å². The molecule has 0 aliphatic carbocycles. The summed E-state index contributed by atoms with van der Waals surface area (Å²) in [7, 11) is 0. The normalized spacial score (nSPS) is 11.4. The van der Waals surface area contributed by atoms with E-state index in [0.29, 0.717) is 18.5 Å². The number of benzene rings is 1. The first-order valence-electron chi connectivity index (χ1n) is 7.77. The molecule has 0 bridgehead atoms. The SMILES string of the molecule is CCC(CC)N(CC(C)C)c1cc(F)cc(CCN)c1. The summed E-state index contributed by atoms with van der Waals surface area (Å²) in [6.45, 7) is 10.3. The third kappa shape index (κ3) is 4.78. The molecule has 0 unspecified atom stereocenters. The average Bonchev–Trinajstić information content (AvgIpc) is 2.38. The number of rotatable bonds is 8. The maximum atomic E-state index is 13.9. The quantitative estimate of drug-likeness (QED) is 0.780. The molecule has 0 heterocycles. The van der Waals surface area contributed by atoms with Crippen molar-refractivity contribution >= 4 is 5.69 Å². The Morgan fingerprint density at radius 3 is 2.30 bits per heavy atom. The van der Waals surface area contributed by atoms with Crippen LogP contribution in [-0.2, 0) is 6.42 Å². The first-order valence-corrected chi connectivity index (χ1v) is 7.77. The Labute approximate surface area is 123 Å². The largest absolute Gasteiger partial charge is 0.368 e. The van der Waals surface area contributed by atoms with E-state index in [-0.39, 0.29) is 5.82 Å². The molecule has 20 heavy (non-hydrogen) atoms. The zero-order chi connectivity index (χ0) is 15.1. The van der Waals surface area contributed by atoms with E-state index in [1.807, 2.05) is 0 Å². The highest BCUT2D eigenvalue weighted by atomic mass is 19.1. The molecule has 0 fully saturated rings. The standard InChI is InChI=1S/C17H29FN2/c1-5-16(6-2)20(12-13(3)4)17-10-14(7-8-19)9-15(18)11-17/h9-11,13,16H,5-8,12,19H2,1-4H3. The summed E-state index contributed by atoms with van der Waals surface area (Å²) in [5.41, 5.74) is 7.58. The predicted octanol–water partition coefficient (Wildman–Crippen LogP) is 3.98. The number of nitrogens with two attached hydrogens (primary N) is 1. The summed E-state index contributed by atoms with van der Waals surface area (Å²) in [6.07, 6.45) is 2.88. The second-order valence-electron chi connectivity index (χ2n) is 5.87. The van der Waals surface area contributed by atoms with Gasteiger partial charge in [0.15, 0.2) is 0 Å². The molecule has 0 aliphatic rings. The Bertz CT molecular complexity index is 400. The maximum Gasteiger partial charge on any atom is 0.125 e. The Hall–Kier alpha value is -1.09. The predicted molar refractivity (Wildman–Crippen MR) is 85.7 cm³/mol. The van der Waals surface area contributed by atoms with Gasteiger partial charge < -0.3 is 10.6 Å². The lowest BCUT2D eigenvalue weighted by Gasteiger charge is -2.34. The minimum atomic E-state index is -0.161. The van der Waals surface area contributed by atoms with Gasteiger partial charge in [-0.1, -0.05) is 27.7 Å². The van der Waals surface area contributed by atoms with Gasteiger partial charge in [0.25, 0.3) is 0 Å². The highest BCUT2D eigenvalue weighted by Gasteiger charge is 2.18. The molecule has 0 saturated heterocycles. The zero-order valence-electron chi connectivity index (χ0n) is 13.3. The summed E-state index contributed by atoms with van der Waals surface area (Å²) >= 11 is 0. The molecule has 0 spiro atoms. The number of nitrogens with zero attached hydrogens (tertiary/aromatic N) is 1. The monoisotopic (exact) mass is 280 g/mol. The second kappa shape index (κ2) is 8.25. The fraction of sp³-hybridized carbons (Fsp3) is 0.647. The van der Waals surface area contributed by atoms with Gasteiger partial charge in [0, 0.05) is 18.3 Å². The van der Waals surface area contributed by atoms with E-state index in [2.05, 4.69) is 38.7 Å². The Morgan fingerprint density at radius 1 is 1.15 bits per heavy atom. The molecule has 0 atom stereocenters. The highest BCUT2D eigenvalue weighted by molar-refractivity contribution is 5.50. The van der Waals surface area contributed by atoms with E-state index in [1.54, 1.807) is 12.1 Å². The van der Waals surface area contributed by atoms with Crippen molar-refractivity contribution in [2.75, 3.05) is 18.0 Å². The van der Waals surface area contributed by atoms with Gasteiger partial charge in [-0.25, -0.2) is 4.39 Å². The van der Waals surface area contributed by atoms with Crippen molar-refractivity contribution in [2.45, 2.75) is 53.0 Å². The van der Waals surface area contributed by atoms with Crippen LogP contribution in [0.4, 0.5) is 10.1 Å². The van der Waals surface area contributed by atoms with Crippen molar-refractivity contribution in [3.8, 4) is 0 Å². The lowest BCUT2D eigenvalue weighted by Crippen LogP contribution is -2.37. The molecule has 3 heteroatoms. The van der Waals surface area contributed by atoms with Gasteiger partial charge in [-0.3, -0.25) is 0 Å². The molecule has 2 N–H and O–H groups in total. The fourth-order valence-electron chi connectivity index (χ4n) is 2.70. The number of hydrogen-bond acceptors (Lipinski definition) is 2. The first-order chi connectivity index (χ1) is 9.51.